The van der Waals surface area contributed by atoms with Gasteiger partial charge < -0.3 is 4.90 Å². The molecule has 2 nitrogen and oxygen atoms in total. The molecule has 1 rings (SSSR count). The predicted octanol–water partition coefficient (Wildman–Crippen LogP) is 1.12. The molecular formula is C8H15NO. The van der Waals surface area contributed by atoms with Crippen molar-refractivity contribution in [3.05, 3.63) is 0 Å². The van der Waals surface area contributed by atoms with Gasteiger partial charge in [-0.1, -0.05) is 6.92 Å². The van der Waals surface area contributed by atoms with Gasteiger partial charge in [-0.05, 0) is 18.8 Å². The third-order valence-corrected chi connectivity index (χ3v) is 2.16. The van der Waals surface area contributed by atoms with Crippen LogP contribution in [0.15, 0.2) is 0 Å². The quantitative estimate of drug-likeness (QED) is 0.536. The van der Waals surface area contributed by atoms with E-state index in [2.05, 4.69) is 6.92 Å². The summed E-state index contributed by atoms with van der Waals surface area (Å²) in [5, 5.41) is 0. The molecule has 1 aliphatic carbocycles. The van der Waals surface area contributed by atoms with E-state index in [-0.39, 0.29) is 0 Å². The van der Waals surface area contributed by atoms with Crippen molar-refractivity contribution in [1.29, 1.82) is 0 Å². The maximum Gasteiger partial charge on any atom is 0.225 e. The molecule has 0 aromatic carbocycles. The molecule has 2 heteroatoms. The molecule has 0 heterocycles. The summed E-state index contributed by atoms with van der Waals surface area (Å²) < 4.78 is 0. The highest BCUT2D eigenvalue weighted by Crippen LogP contribution is 2.33. The molecule has 0 N–H and O–H groups in total. The van der Waals surface area contributed by atoms with Crippen molar-refractivity contribution in [2.75, 3.05) is 14.1 Å². The number of rotatable bonds is 1. The Balaban J connectivity index is 2.31. The van der Waals surface area contributed by atoms with E-state index in [9.17, 15) is 4.79 Å². The molecule has 10 heavy (non-hydrogen) atoms. The van der Waals surface area contributed by atoms with Gasteiger partial charge in [-0.15, -0.1) is 0 Å². The van der Waals surface area contributed by atoms with E-state index in [0.29, 0.717) is 11.8 Å². The summed E-state index contributed by atoms with van der Waals surface area (Å²) in [6.45, 7) is 2.19. The summed E-state index contributed by atoms with van der Waals surface area (Å²) >= 11 is 0. The van der Waals surface area contributed by atoms with E-state index >= 15 is 0 Å². The normalized spacial score (nSPS) is 31.1. The van der Waals surface area contributed by atoms with Crippen molar-refractivity contribution in [3.63, 3.8) is 0 Å². The molecule has 0 saturated heterocycles. The fourth-order valence-electron chi connectivity index (χ4n) is 1.47. The first-order valence-corrected chi connectivity index (χ1v) is 3.82. The minimum Gasteiger partial charge on any atom is -0.349 e. The molecule has 0 radical (unpaired) electrons. The number of amides is 1. The van der Waals surface area contributed by atoms with Gasteiger partial charge in [0.15, 0.2) is 0 Å². The summed E-state index contributed by atoms with van der Waals surface area (Å²) in [4.78, 5) is 12.9. The summed E-state index contributed by atoms with van der Waals surface area (Å²) in [6, 6.07) is 0. The van der Waals surface area contributed by atoms with Crippen molar-refractivity contribution in [2.45, 2.75) is 19.8 Å². The average Bonchev–Trinajstić information content (AvgIpc) is 1.79. The van der Waals surface area contributed by atoms with E-state index in [1.165, 1.54) is 0 Å². The van der Waals surface area contributed by atoms with Crippen LogP contribution in [-0.2, 0) is 4.79 Å². The molecular weight excluding hydrogens is 126 g/mol. The summed E-state index contributed by atoms with van der Waals surface area (Å²) in [5.74, 6) is 1.41. The van der Waals surface area contributed by atoms with Crippen LogP contribution >= 0.6 is 0 Å². The predicted molar refractivity (Wildman–Crippen MR) is 40.6 cm³/mol. The van der Waals surface area contributed by atoms with Crippen LogP contribution in [0.5, 0.6) is 0 Å². The Morgan fingerprint density at radius 1 is 1.40 bits per heavy atom. The first kappa shape index (κ1) is 7.58. The molecule has 0 aromatic heterocycles. The van der Waals surface area contributed by atoms with Crippen LogP contribution in [0.3, 0.4) is 0 Å². The fourth-order valence-corrected chi connectivity index (χ4v) is 1.47. The Labute approximate surface area is 62.2 Å². The molecule has 1 saturated carbocycles. The Morgan fingerprint density at radius 3 is 2.20 bits per heavy atom. The highest BCUT2D eigenvalue weighted by atomic mass is 16.2. The van der Waals surface area contributed by atoms with Gasteiger partial charge in [0.2, 0.25) is 5.91 Å². The minimum atomic E-state index is 0.304. The topological polar surface area (TPSA) is 20.3 Å². The SMILES string of the molecule is CN(C)C(=O)[C@H]1C[C@H](C)C1. The van der Waals surface area contributed by atoms with E-state index in [1.807, 2.05) is 14.1 Å². The van der Waals surface area contributed by atoms with Crippen LogP contribution in [0.1, 0.15) is 19.8 Å². The first-order valence-electron chi connectivity index (χ1n) is 3.82. The molecule has 1 aliphatic rings. The van der Waals surface area contributed by atoms with Gasteiger partial charge in [0.1, 0.15) is 0 Å². The van der Waals surface area contributed by atoms with E-state index < -0.39 is 0 Å². The third-order valence-electron chi connectivity index (χ3n) is 2.16. The second-order valence-electron chi connectivity index (χ2n) is 3.51. The van der Waals surface area contributed by atoms with Crippen LogP contribution in [0.4, 0.5) is 0 Å². The van der Waals surface area contributed by atoms with Crippen molar-refractivity contribution in [3.8, 4) is 0 Å². The molecule has 0 aliphatic heterocycles. The Hall–Kier alpha value is -0.530. The van der Waals surface area contributed by atoms with Crippen molar-refractivity contribution < 1.29 is 4.79 Å². The molecule has 0 bridgehead atoms. The lowest BCUT2D eigenvalue weighted by Crippen LogP contribution is -2.37. The van der Waals surface area contributed by atoms with Gasteiger partial charge in [-0.25, -0.2) is 0 Å². The smallest absolute Gasteiger partial charge is 0.225 e. The van der Waals surface area contributed by atoms with Crippen LogP contribution in [0, 0.1) is 11.8 Å². The van der Waals surface area contributed by atoms with Gasteiger partial charge in [-0.2, -0.15) is 0 Å². The van der Waals surface area contributed by atoms with E-state index in [0.717, 1.165) is 18.8 Å². The number of hydrogen-bond donors (Lipinski definition) is 0. The average molecular weight is 141 g/mol. The summed E-state index contributed by atoms with van der Waals surface area (Å²) in [6.07, 6.45) is 2.19. The second kappa shape index (κ2) is 2.60. The molecule has 0 atom stereocenters. The van der Waals surface area contributed by atoms with Gasteiger partial charge >= 0.3 is 0 Å². The Kier molecular flexibility index (Phi) is 1.97. The zero-order chi connectivity index (χ0) is 7.72. The number of hydrogen-bond acceptors (Lipinski definition) is 1. The number of carbonyl (C=O) groups excluding carboxylic acids is 1. The highest BCUT2D eigenvalue weighted by Gasteiger charge is 2.31. The van der Waals surface area contributed by atoms with Crippen molar-refractivity contribution >= 4 is 5.91 Å². The zero-order valence-electron chi connectivity index (χ0n) is 6.92. The lowest BCUT2D eigenvalue weighted by atomic mass is 9.75. The van der Waals surface area contributed by atoms with Gasteiger partial charge in [0, 0.05) is 20.0 Å². The first-order chi connectivity index (χ1) is 4.61. The standard InChI is InChI=1S/C8H15NO/c1-6-4-7(5-6)8(10)9(2)3/h6-7H,4-5H2,1-3H3/t6-,7-. The zero-order valence-corrected chi connectivity index (χ0v) is 6.92. The number of nitrogens with zero attached hydrogens (tertiary/aromatic N) is 1. The lowest BCUT2D eigenvalue weighted by molar-refractivity contribution is -0.137. The van der Waals surface area contributed by atoms with Crippen LogP contribution in [-0.4, -0.2) is 24.9 Å². The lowest BCUT2D eigenvalue weighted by Gasteiger charge is -2.33. The Morgan fingerprint density at radius 2 is 1.90 bits per heavy atom. The van der Waals surface area contributed by atoms with E-state index in [1.54, 1.807) is 4.90 Å². The molecule has 0 spiro atoms. The molecule has 1 amide bonds. The summed E-state index contributed by atoms with van der Waals surface area (Å²) in [5.41, 5.74) is 0. The van der Waals surface area contributed by atoms with Gasteiger partial charge in [0.25, 0.3) is 0 Å². The number of carbonyl (C=O) groups is 1. The van der Waals surface area contributed by atoms with Crippen LogP contribution < -0.4 is 0 Å². The molecule has 1 fully saturated rings. The molecule has 58 valence electrons. The minimum absolute atomic E-state index is 0.304. The highest BCUT2D eigenvalue weighted by molar-refractivity contribution is 5.79. The van der Waals surface area contributed by atoms with Crippen LogP contribution in [0.25, 0.3) is 0 Å². The monoisotopic (exact) mass is 141 g/mol. The maximum absolute atomic E-state index is 11.2. The van der Waals surface area contributed by atoms with E-state index in [4.69, 9.17) is 0 Å². The van der Waals surface area contributed by atoms with Gasteiger partial charge in [0.05, 0.1) is 0 Å². The third kappa shape index (κ3) is 1.31. The van der Waals surface area contributed by atoms with Crippen molar-refractivity contribution in [2.24, 2.45) is 11.8 Å². The molecule has 0 aromatic rings. The molecule has 0 unspecified atom stereocenters. The largest absolute Gasteiger partial charge is 0.349 e. The second-order valence-corrected chi connectivity index (χ2v) is 3.51. The fraction of sp³-hybridized carbons (Fsp3) is 0.875. The summed E-state index contributed by atoms with van der Waals surface area (Å²) in [7, 11) is 3.65. The maximum atomic E-state index is 11.2. The van der Waals surface area contributed by atoms with Crippen molar-refractivity contribution in [1.82, 2.24) is 4.90 Å². The van der Waals surface area contributed by atoms with Crippen LogP contribution in [0.2, 0.25) is 0 Å². The Bertz CT molecular complexity index is 136. The van der Waals surface area contributed by atoms with Gasteiger partial charge in [-0.3, -0.25) is 4.79 Å².